The zero-order valence-electron chi connectivity index (χ0n) is 12.7. The molecule has 0 bridgehead atoms. The average molecular weight is 350 g/mol. The number of hydrogen-bond donors (Lipinski definition) is 0. The van der Waals surface area contributed by atoms with Crippen molar-refractivity contribution in [3.63, 3.8) is 0 Å². The molecule has 1 unspecified atom stereocenters. The molecule has 3 rings (SSSR count). The van der Waals surface area contributed by atoms with E-state index in [1.807, 2.05) is 6.92 Å². The Hall–Kier alpha value is -1.66. The highest BCUT2D eigenvalue weighted by molar-refractivity contribution is 8.10. The van der Waals surface area contributed by atoms with Gasteiger partial charge in [-0.15, -0.1) is 0 Å². The molecular formula is C17H18O4S2. The molecule has 1 aliphatic rings. The van der Waals surface area contributed by atoms with Crippen molar-refractivity contribution in [2.75, 3.05) is 0 Å². The summed E-state index contributed by atoms with van der Waals surface area (Å²) in [4.78, 5) is 0.130. The zero-order valence-corrected chi connectivity index (χ0v) is 14.3. The predicted molar refractivity (Wildman–Crippen MR) is 88.4 cm³/mol. The summed E-state index contributed by atoms with van der Waals surface area (Å²) in [5, 5.41) is 0. The molecule has 0 saturated heterocycles. The summed E-state index contributed by atoms with van der Waals surface area (Å²) >= 11 is 0. The van der Waals surface area contributed by atoms with Gasteiger partial charge in [0.05, 0.1) is 9.79 Å². The fourth-order valence-electron chi connectivity index (χ4n) is 3.14. The Labute approximate surface area is 137 Å². The van der Waals surface area contributed by atoms with E-state index in [0.717, 1.165) is 0 Å². The summed E-state index contributed by atoms with van der Waals surface area (Å²) in [6.45, 7) is 1.83. The first kappa shape index (κ1) is 16.2. The van der Waals surface area contributed by atoms with Crippen molar-refractivity contribution in [3.05, 3.63) is 60.7 Å². The van der Waals surface area contributed by atoms with Crippen molar-refractivity contribution in [3.8, 4) is 0 Å². The van der Waals surface area contributed by atoms with E-state index in [-0.39, 0.29) is 22.1 Å². The van der Waals surface area contributed by atoms with Gasteiger partial charge in [0.1, 0.15) is 0 Å². The van der Waals surface area contributed by atoms with Gasteiger partial charge < -0.3 is 0 Å². The summed E-state index contributed by atoms with van der Waals surface area (Å²) in [7, 11) is -7.96. The molecule has 0 heterocycles. The molecule has 6 heteroatoms. The Bertz CT molecular complexity index is 832. The van der Waals surface area contributed by atoms with Gasteiger partial charge in [-0.3, -0.25) is 0 Å². The van der Waals surface area contributed by atoms with Crippen molar-refractivity contribution < 1.29 is 16.8 Å². The van der Waals surface area contributed by atoms with Crippen LogP contribution in [0.2, 0.25) is 0 Å². The number of sulfone groups is 2. The van der Waals surface area contributed by atoms with Crippen LogP contribution in [-0.2, 0) is 19.7 Å². The van der Waals surface area contributed by atoms with Crippen LogP contribution in [0, 0.1) is 5.92 Å². The predicted octanol–water partition coefficient (Wildman–Crippen LogP) is 3.06. The van der Waals surface area contributed by atoms with E-state index in [9.17, 15) is 16.8 Å². The first-order valence-corrected chi connectivity index (χ1v) is 10.4. The Morgan fingerprint density at radius 1 is 0.826 bits per heavy atom. The van der Waals surface area contributed by atoms with Crippen LogP contribution >= 0.6 is 0 Å². The molecule has 0 N–H and O–H groups in total. The minimum absolute atomic E-state index is 0.0652. The smallest absolute Gasteiger partial charge is 0.199 e. The fourth-order valence-corrected chi connectivity index (χ4v) is 8.75. The minimum Gasteiger partial charge on any atom is -0.222 e. The lowest BCUT2D eigenvalue weighted by Crippen LogP contribution is -2.35. The number of rotatable bonds is 5. The Morgan fingerprint density at radius 2 is 1.22 bits per heavy atom. The Morgan fingerprint density at radius 3 is 1.52 bits per heavy atom. The molecule has 0 aliphatic heterocycles. The molecule has 0 spiro atoms. The quantitative estimate of drug-likeness (QED) is 0.831. The van der Waals surface area contributed by atoms with Crippen LogP contribution in [0.1, 0.15) is 19.8 Å². The highest BCUT2D eigenvalue weighted by atomic mass is 32.3. The maximum absolute atomic E-state index is 13.1. The summed E-state index contributed by atoms with van der Waals surface area (Å²) in [5.74, 6) is -0.377. The van der Waals surface area contributed by atoms with Crippen molar-refractivity contribution >= 4 is 19.7 Å². The van der Waals surface area contributed by atoms with E-state index < -0.39 is 23.8 Å². The van der Waals surface area contributed by atoms with Gasteiger partial charge in [0, 0.05) is 0 Å². The maximum Gasteiger partial charge on any atom is 0.199 e. The lowest BCUT2D eigenvalue weighted by molar-refractivity contribution is 0.564. The molecule has 2 aromatic carbocycles. The van der Waals surface area contributed by atoms with E-state index in [1.165, 1.54) is 24.3 Å². The van der Waals surface area contributed by atoms with E-state index in [1.54, 1.807) is 36.4 Å². The molecule has 1 atom stereocenters. The second-order valence-corrected chi connectivity index (χ2v) is 10.4. The minimum atomic E-state index is -3.98. The van der Waals surface area contributed by atoms with Crippen LogP contribution in [0.25, 0.3) is 0 Å². The van der Waals surface area contributed by atoms with Crippen molar-refractivity contribution in [1.29, 1.82) is 0 Å². The normalized spacial score (nSPS) is 20.1. The molecule has 0 aromatic heterocycles. The Kier molecular flexibility index (Phi) is 3.84. The zero-order chi connectivity index (χ0) is 16.7. The third kappa shape index (κ3) is 2.23. The topological polar surface area (TPSA) is 68.3 Å². The highest BCUT2D eigenvalue weighted by Gasteiger charge is 2.71. The van der Waals surface area contributed by atoms with Crippen LogP contribution in [0.4, 0.5) is 0 Å². The van der Waals surface area contributed by atoms with E-state index in [4.69, 9.17) is 0 Å². The van der Waals surface area contributed by atoms with Crippen molar-refractivity contribution in [2.24, 2.45) is 5.92 Å². The van der Waals surface area contributed by atoms with E-state index in [2.05, 4.69) is 0 Å². The molecule has 0 radical (unpaired) electrons. The SMILES string of the molecule is CCC1CC1(S(=O)(=O)c1ccccc1)S(=O)(=O)c1ccccc1. The average Bonchev–Trinajstić information content (AvgIpc) is 3.34. The molecule has 1 aliphatic carbocycles. The van der Waals surface area contributed by atoms with Gasteiger partial charge in [0.25, 0.3) is 0 Å². The molecule has 1 saturated carbocycles. The lowest BCUT2D eigenvalue weighted by atomic mass is 10.3. The third-order valence-corrected chi connectivity index (χ3v) is 10.4. The van der Waals surface area contributed by atoms with Crippen molar-refractivity contribution in [1.82, 2.24) is 0 Å². The van der Waals surface area contributed by atoms with Crippen LogP contribution in [-0.4, -0.2) is 20.9 Å². The summed E-state index contributed by atoms with van der Waals surface area (Å²) in [6, 6.07) is 15.7. The largest absolute Gasteiger partial charge is 0.222 e. The van der Waals surface area contributed by atoms with Gasteiger partial charge >= 0.3 is 0 Å². The molecule has 0 amide bonds. The number of benzene rings is 2. The second-order valence-electron chi connectivity index (χ2n) is 5.75. The third-order valence-electron chi connectivity index (χ3n) is 4.50. The highest BCUT2D eigenvalue weighted by Crippen LogP contribution is 2.59. The first-order chi connectivity index (χ1) is 10.9. The van der Waals surface area contributed by atoms with Gasteiger partial charge in [-0.2, -0.15) is 0 Å². The summed E-state index contributed by atoms with van der Waals surface area (Å²) in [5.41, 5.74) is 0. The maximum atomic E-state index is 13.1. The summed E-state index contributed by atoms with van der Waals surface area (Å²) < 4.78 is 50.8. The van der Waals surface area contributed by atoms with Crippen molar-refractivity contribution in [2.45, 2.75) is 33.6 Å². The molecule has 4 nitrogen and oxygen atoms in total. The van der Waals surface area contributed by atoms with Gasteiger partial charge in [-0.1, -0.05) is 49.7 Å². The molecule has 122 valence electrons. The van der Waals surface area contributed by atoms with Gasteiger partial charge in [-0.25, -0.2) is 16.8 Å². The molecule has 1 fully saturated rings. The van der Waals surface area contributed by atoms with E-state index in [0.29, 0.717) is 6.42 Å². The number of hydrogen-bond acceptors (Lipinski definition) is 4. The molecule has 2 aromatic rings. The van der Waals surface area contributed by atoms with Crippen LogP contribution in [0.15, 0.2) is 70.5 Å². The monoisotopic (exact) mass is 350 g/mol. The standard InChI is InChI=1S/C17H18O4S2/c1-2-14-13-17(14,22(18,19)15-9-5-3-6-10-15)23(20,21)16-11-7-4-8-12-16/h3-12,14H,2,13H2,1H3. The van der Waals surface area contributed by atoms with Crippen LogP contribution < -0.4 is 0 Å². The molecular weight excluding hydrogens is 332 g/mol. The van der Waals surface area contributed by atoms with Crippen LogP contribution in [0.3, 0.4) is 0 Å². The van der Waals surface area contributed by atoms with Gasteiger partial charge in [-0.05, 0) is 36.6 Å². The fraction of sp³-hybridized carbons (Fsp3) is 0.294. The summed E-state index contributed by atoms with van der Waals surface area (Å²) in [6.07, 6.45) is 0.663. The Balaban J connectivity index is 2.21. The van der Waals surface area contributed by atoms with Gasteiger partial charge in [0.2, 0.25) is 0 Å². The van der Waals surface area contributed by atoms with Gasteiger partial charge in [0.15, 0.2) is 23.8 Å². The first-order valence-electron chi connectivity index (χ1n) is 7.47. The van der Waals surface area contributed by atoms with Crippen LogP contribution in [0.5, 0.6) is 0 Å². The second kappa shape index (κ2) is 5.46. The molecule has 23 heavy (non-hydrogen) atoms. The lowest BCUT2D eigenvalue weighted by Gasteiger charge is -2.19. The van der Waals surface area contributed by atoms with E-state index >= 15 is 0 Å².